The lowest BCUT2D eigenvalue weighted by Crippen LogP contribution is -2.31. The molecule has 0 spiro atoms. The highest BCUT2D eigenvalue weighted by atomic mass is 16.2. The van der Waals surface area contributed by atoms with Crippen molar-refractivity contribution in [1.82, 2.24) is 19.7 Å². The van der Waals surface area contributed by atoms with Gasteiger partial charge >= 0.3 is 0 Å². The summed E-state index contributed by atoms with van der Waals surface area (Å²) in [6.07, 6.45) is 13.2. The van der Waals surface area contributed by atoms with E-state index in [1.165, 1.54) is 0 Å². The fraction of sp³-hybridized carbons (Fsp3) is 0.400. The quantitative estimate of drug-likeness (QED) is 0.489. The minimum atomic E-state index is -0.176. The number of hydrogen-bond acceptors (Lipinski definition) is 5. The molecule has 2 aromatic heterocycles. The SMILES string of the molecule is C=CC1=C(/C=C(\C)c2cnn(C)c2)C=C(C(=O)Nc2cc(NC(=O)CN3CC[C@@H](C)C3)cnc2C)C(C)C1.[HH].[HH]. The first-order valence-electron chi connectivity index (χ1n) is 13.2. The molecule has 3 heterocycles. The third-order valence-electron chi connectivity index (χ3n) is 7.27. The molecule has 0 radical (unpaired) electrons. The zero-order valence-corrected chi connectivity index (χ0v) is 23.0. The highest BCUT2D eigenvalue weighted by molar-refractivity contribution is 6.05. The van der Waals surface area contributed by atoms with E-state index >= 15 is 0 Å². The van der Waals surface area contributed by atoms with E-state index in [0.29, 0.717) is 35.1 Å². The maximum atomic E-state index is 13.4. The maximum Gasteiger partial charge on any atom is 0.251 e. The van der Waals surface area contributed by atoms with Gasteiger partial charge in [0.15, 0.2) is 0 Å². The van der Waals surface area contributed by atoms with E-state index in [0.717, 1.165) is 48.2 Å². The maximum absolute atomic E-state index is 13.4. The average Bonchev–Trinajstić information content (AvgIpc) is 3.49. The van der Waals surface area contributed by atoms with Gasteiger partial charge in [-0.1, -0.05) is 32.6 Å². The molecule has 204 valence electrons. The van der Waals surface area contributed by atoms with Crippen molar-refractivity contribution in [2.75, 3.05) is 30.3 Å². The number of allylic oxidation sites excluding steroid dienone is 6. The van der Waals surface area contributed by atoms with Crippen LogP contribution in [0.3, 0.4) is 0 Å². The molecule has 0 saturated carbocycles. The molecule has 8 heteroatoms. The second-order valence-corrected chi connectivity index (χ2v) is 10.6. The summed E-state index contributed by atoms with van der Waals surface area (Å²) < 4.78 is 1.77. The van der Waals surface area contributed by atoms with Crippen molar-refractivity contribution in [3.63, 3.8) is 0 Å². The van der Waals surface area contributed by atoms with Gasteiger partial charge in [-0.3, -0.25) is 24.2 Å². The lowest BCUT2D eigenvalue weighted by atomic mass is 9.83. The third-order valence-corrected chi connectivity index (χ3v) is 7.27. The van der Waals surface area contributed by atoms with E-state index in [1.807, 2.05) is 52.4 Å². The van der Waals surface area contributed by atoms with Gasteiger partial charge in [0.05, 0.1) is 36.0 Å². The van der Waals surface area contributed by atoms with E-state index in [4.69, 9.17) is 0 Å². The number of carbonyl (C=O) groups excluding carboxylic acids is 2. The molecule has 1 unspecified atom stereocenters. The van der Waals surface area contributed by atoms with Crippen molar-refractivity contribution in [2.45, 2.75) is 40.5 Å². The minimum Gasteiger partial charge on any atom is -0.324 e. The Kier molecular flexibility index (Phi) is 8.42. The number of nitrogens with zero attached hydrogens (tertiary/aromatic N) is 4. The topological polar surface area (TPSA) is 92.2 Å². The summed E-state index contributed by atoms with van der Waals surface area (Å²) in [4.78, 5) is 32.6. The van der Waals surface area contributed by atoms with Gasteiger partial charge in [0.1, 0.15) is 0 Å². The monoisotopic (exact) mass is 518 g/mol. The first-order chi connectivity index (χ1) is 18.1. The van der Waals surface area contributed by atoms with Crippen LogP contribution in [0.25, 0.3) is 5.57 Å². The van der Waals surface area contributed by atoms with Crippen molar-refractivity contribution in [3.8, 4) is 0 Å². The lowest BCUT2D eigenvalue weighted by molar-refractivity contribution is -0.117. The standard InChI is InChI=1S/C30H38N6O2.2H2/c1-7-23-11-21(4)27(12-24(23)10-20(3)25-14-32-35(6)17-25)30(38)34-28-13-26(15-31-22(28)5)33-29(37)18-36-9-8-19(2)16-36;;/h7,10,12-15,17,19,21H,1,8-9,11,16,18H2,2-6H3,(H,33,37)(H,34,38);2*1H/b20-10+;;/t19-,21?;;/m1../s1. The van der Waals surface area contributed by atoms with Gasteiger partial charge in [0.25, 0.3) is 5.91 Å². The number of aromatic nitrogens is 3. The van der Waals surface area contributed by atoms with Crippen LogP contribution in [0.1, 0.15) is 47.7 Å². The van der Waals surface area contributed by atoms with Gasteiger partial charge < -0.3 is 10.6 Å². The van der Waals surface area contributed by atoms with Crippen LogP contribution in [0.2, 0.25) is 0 Å². The second kappa shape index (κ2) is 11.7. The summed E-state index contributed by atoms with van der Waals surface area (Å²) in [7, 11) is 1.89. The van der Waals surface area contributed by atoms with E-state index in [-0.39, 0.29) is 20.6 Å². The van der Waals surface area contributed by atoms with Crippen molar-refractivity contribution in [3.05, 3.63) is 77.4 Å². The van der Waals surface area contributed by atoms with Crippen molar-refractivity contribution in [2.24, 2.45) is 18.9 Å². The molecular weight excluding hydrogens is 476 g/mol. The predicted octanol–water partition coefficient (Wildman–Crippen LogP) is 5.39. The molecular formula is C30H42N6O2. The van der Waals surface area contributed by atoms with E-state index in [9.17, 15) is 9.59 Å². The Balaban J connectivity index is 0.00000280. The van der Waals surface area contributed by atoms with Crippen molar-refractivity contribution in [1.29, 1.82) is 0 Å². The van der Waals surface area contributed by atoms with Gasteiger partial charge in [0.2, 0.25) is 5.91 Å². The van der Waals surface area contributed by atoms with Crippen LogP contribution in [-0.2, 0) is 16.6 Å². The Morgan fingerprint density at radius 1 is 1.26 bits per heavy atom. The molecule has 4 rings (SSSR count). The predicted molar refractivity (Wildman–Crippen MR) is 157 cm³/mol. The Hall–Kier alpha value is -3.78. The molecule has 1 aliphatic heterocycles. The fourth-order valence-electron chi connectivity index (χ4n) is 5.02. The van der Waals surface area contributed by atoms with E-state index in [2.05, 4.69) is 45.2 Å². The molecule has 1 saturated heterocycles. The summed E-state index contributed by atoms with van der Waals surface area (Å²) in [5, 5.41) is 10.2. The zero-order chi connectivity index (χ0) is 27.4. The molecule has 2 atom stereocenters. The lowest BCUT2D eigenvalue weighted by Gasteiger charge is -2.23. The first-order valence-corrected chi connectivity index (χ1v) is 13.2. The molecule has 0 aromatic carbocycles. The normalized spacial score (nSPS) is 20.3. The molecule has 8 nitrogen and oxygen atoms in total. The number of aryl methyl sites for hydroxylation is 2. The number of anilines is 2. The minimum absolute atomic E-state index is 0. The van der Waals surface area contributed by atoms with Gasteiger partial charge in [-0.05, 0) is 73.9 Å². The number of rotatable bonds is 8. The first kappa shape index (κ1) is 27.3. The molecule has 38 heavy (non-hydrogen) atoms. The van der Waals surface area contributed by atoms with Crippen LogP contribution in [0.15, 0.2) is 66.2 Å². The van der Waals surface area contributed by atoms with Crippen LogP contribution in [0.5, 0.6) is 0 Å². The molecule has 1 aliphatic carbocycles. The van der Waals surface area contributed by atoms with Crippen LogP contribution < -0.4 is 10.6 Å². The summed E-state index contributed by atoms with van der Waals surface area (Å²) >= 11 is 0. The Morgan fingerprint density at radius 3 is 2.71 bits per heavy atom. The number of nitrogens with one attached hydrogen (secondary N) is 2. The third kappa shape index (κ3) is 6.55. The number of carbonyl (C=O) groups is 2. The van der Waals surface area contributed by atoms with Crippen LogP contribution in [-0.4, -0.2) is 51.1 Å². The Morgan fingerprint density at radius 2 is 2.05 bits per heavy atom. The molecule has 0 bridgehead atoms. The smallest absolute Gasteiger partial charge is 0.251 e. The Bertz CT molecular complexity index is 1340. The van der Waals surface area contributed by atoms with Crippen LogP contribution in [0, 0.1) is 18.8 Å². The van der Waals surface area contributed by atoms with Crippen molar-refractivity contribution < 1.29 is 12.4 Å². The zero-order valence-electron chi connectivity index (χ0n) is 23.0. The van der Waals surface area contributed by atoms with Crippen LogP contribution >= 0.6 is 0 Å². The molecule has 2 aromatic rings. The summed E-state index contributed by atoms with van der Waals surface area (Å²) in [6, 6.07) is 1.77. The van der Waals surface area contributed by atoms with Gasteiger partial charge in [-0.2, -0.15) is 5.10 Å². The molecule has 2 aliphatic rings. The second-order valence-electron chi connectivity index (χ2n) is 10.6. The average molecular weight is 519 g/mol. The van der Waals surface area contributed by atoms with Gasteiger partial charge in [-0.15, -0.1) is 0 Å². The highest BCUT2D eigenvalue weighted by Crippen LogP contribution is 2.33. The number of amides is 2. The van der Waals surface area contributed by atoms with Crippen LogP contribution in [0.4, 0.5) is 11.4 Å². The van der Waals surface area contributed by atoms with Crippen molar-refractivity contribution >= 4 is 28.8 Å². The number of hydrogen-bond donors (Lipinski definition) is 2. The number of pyridine rings is 1. The fourth-order valence-corrected chi connectivity index (χ4v) is 5.02. The van der Waals surface area contributed by atoms with E-state index < -0.39 is 0 Å². The van der Waals surface area contributed by atoms with Gasteiger partial charge in [-0.25, -0.2) is 0 Å². The number of likely N-dealkylation sites (tertiary alicyclic amines) is 1. The van der Waals surface area contributed by atoms with Gasteiger partial charge in [0, 0.05) is 33.8 Å². The molecule has 2 N–H and O–H groups in total. The van der Waals surface area contributed by atoms with E-state index in [1.54, 1.807) is 16.9 Å². The molecule has 1 fully saturated rings. The highest BCUT2D eigenvalue weighted by Gasteiger charge is 2.24. The molecule has 2 amide bonds. The largest absolute Gasteiger partial charge is 0.324 e. The summed E-state index contributed by atoms with van der Waals surface area (Å²) in [6.45, 7) is 14.4. The Labute approximate surface area is 228 Å². The summed E-state index contributed by atoms with van der Waals surface area (Å²) in [5.74, 6) is 0.394. The summed E-state index contributed by atoms with van der Waals surface area (Å²) in [5.41, 5.74) is 6.69.